The Bertz CT molecular complexity index is 486. The van der Waals surface area contributed by atoms with E-state index in [4.69, 9.17) is 10.5 Å². The zero-order chi connectivity index (χ0) is 13.8. The molecule has 108 valence electrons. The predicted octanol–water partition coefficient (Wildman–Crippen LogP) is 1.66. The monoisotopic (exact) mass is 291 g/mol. The second-order valence-corrected chi connectivity index (χ2v) is 6.42. The van der Waals surface area contributed by atoms with E-state index in [9.17, 15) is 0 Å². The number of aliphatic imine (C=N–C) groups is 1. The summed E-state index contributed by atoms with van der Waals surface area (Å²) >= 11 is 1.99. The Morgan fingerprint density at radius 3 is 3.00 bits per heavy atom. The molecule has 3 rings (SSSR count). The number of nitrogens with two attached hydrogens (primary N) is 1. The van der Waals surface area contributed by atoms with Gasteiger partial charge in [-0.2, -0.15) is 11.8 Å². The number of hydrogen-bond acceptors (Lipinski definition) is 3. The van der Waals surface area contributed by atoms with E-state index < -0.39 is 0 Å². The minimum atomic E-state index is 0.444. The molecule has 2 aliphatic rings. The molecule has 1 atom stereocenters. The number of nitrogens with zero attached hydrogens (tertiary/aromatic N) is 2. The average molecular weight is 291 g/mol. The molecule has 0 amide bonds. The van der Waals surface area contributed by atoms with Crippen LogP contribution in [0.1, 0.15) is 16.4 Å². The molecule has 0 spiro atoms. The van der Waals surface area contributed by atoms with Crippen LogP contribution in [0.3, 0.4) is 0 Å². The predicted molar refractivity (Wildman–Crippen MR) is 84.2 cm³/mol. The lowest BCUT2D eigenvalue weighted by Gasteiger charge is -2.28. The lowest BCUT2D eigenvalue weighted by molar-refractivity contribution is 0.0674. The van der Waals surface area contributed by atoms with Crippen molar-refractivity contribution in [1.82, 2.24) is 4.90 Å². The van der Waals surface area contributed by atoms with Crippen LogP contribution in [0.15, 0.2) is 29.3 Å². The molecule has 1 saturated heterocycles. The van der Waals surface area contributed by atoms with Crippen molar-refractivity contribution in [2.45, 2.75) is 11.7 Å². The first-order chi connectivity index (χ1) is 9.84. The Morgan fingerprint density at radius 2 is 2.15 bits per heavy atom. The van der Waals surface area contributed by atoms with E-state index in [1.165, 1.54) is 23.3 Å². The van der Waals surface area contributed by atoms with E-state index in [0.717, 1.165) is 32.8 Å². The minimum Gasteiger partial charge on any atom is -0.378 e. The molecule has 2 N–H and O–H groups in total. The zero-order valence-electron chi connectivity index (χ0n) is 11.6. The van der Waals surface area contributed by atoms with Crippen LogP contribution >= 0.6 is 11.8 Å². The van der Waals surface area contributed by atoms with Gasteiger partial charge in [-0.15, -0.1) is 0 Å². The molecular formula is C15H21N3OS. The van der Waals surface area contributed by atoms with Gasteiger partial charge in [-0.25, -0.2) is 0 Å². The lowest BCUT2D eigenvalue weighted by atomic mass is 10.0. The third kappa shape index (κ3) is 3.10. The highest BCUT2D eigenvalue weighted by Crippen LogP contribution is 2.36. The van der Waals surface area contributed by atoms with Gasteiger partial charge in [0.1, 0.15) is 0 Å². The van der Waals surface area contributed by atoms with Crippen molar-refractivity contribution in [2.24, 2.45) is 10.7 Å². The number of morpholine rings is 1. The molecular weight excluding hydrogens is 270 g/mol. The number of aryl methyl sites for hydroxylation is 1. The molecule has 2 aliphatic heterocycles. The number of guanidine groups is 1. The van der Waals surface area contributed by atoms with Crippen molar-refractivity contribution >= 4 is 17.7 Å². The molecule has 2 heterocycles. The van der Waals surface area contributed by atoms with Crippen molar-refractivity contribution in [1.29, 1.82) is 0 Å². The Hall–Kier alpha value is -1.20. The highest BCUT2D eigenvalue weighted by atomic mass is 32.2. The van der Waals surface area contributed by atoms with E-state index >= 15 is 0 Å². The second kappa shape index (κ2) is 6.50. The number of ether oxygens (including phenoxy) is 1. The minimum absolute atomic E-state index is 0.444. The molecule has 1 aromatic rings. The van der Waals surface area contributed by atoms with Crippen molar-refractivity contribution in [3.05, 3.63) is 35.4 Å². The summed E-state index contributed by atoms with van der Waals surface area (Å²) in [4.78, 5) is 6.73. The molecule has 5 heteroatoms. The fraction of sp³-hybridized carbons (Fsp3) is 0.533. The molecule has 0 aromatic heterocycles. The smallest absolute Gasteiger partial charge is 0.191 e. The van der Waals surface area contributed by atoms with Crippen LogP contribution in [-0.2, 0) is 11.2 Å². The Labute approximate surface area is 124 Å². The molecule has 0 radical (unpaired) electrons. The summed E-state index contributed by atoms with van der Waals surface area (Å²) in [5, 5.41) is 0.444. The highest BCUT2D eigenvalue weighted by molar-refractivity contribution is 7.99. The zero-order valence-corrected chi connectivity index (χ0v) is 12.4. The summed E-state index contributed by atoms with van der Waals surface area (Å²) in [5.74, 6) is 1.84. The summed E-state index contributed by atoms with van der Waals surface area (Å²) in [6, 6.07) is 8.70. The average Bonchev–Trinajstić information content (AvgIpc) is 2.53. The van der Waals surface area contributed by atoms with E-state index in [1.807, 2.05) is 11.8 Å². The number of benzene rings is 1. The van der Waals surface area contributed by atoms with Crippen LogP contribution in [0, 0.1) is 0 Å². The third-order valence-electron chi connectivity index (χ3n) is 3.85. The maximum Gasteiger partial charge on any atom is 0.191 e. The number of hydrogen-bond donors (Lipinski definition) is 1. The number of rotatable bonds is 2. The van der Waals surface area contributed by atoms with Crippen LogP contribution in [0.25, 0.3) is 0 Å². The van der Waals surface area contributed by atoms with Gasteiger partial charge in [0.05, 0.1) is 19.8 Å². The maximum absolute atomic E-state index is 6.10. The fourth-order valence-corrected chi connectivity index (χ4v) is 3.91. The second-order valence-electron chi connectivity index (χ2n) is 5.11. The normalized spacial score (nSPS) is 23.5. The molecule has 20 heavy (non-hydrogen) atoms. The molecule has 0 saturated carbocycles. The van der Waals surface area contributed by atoms with Gasteiger partial charge in [-0.1, -0.05) is 24.3 Å². The van der Waals surface area contributed by atoms with Crippen molar-refractivity contribution in [2.75, 3.05) is 38.6 Å². The Balaban J connectivity index is 1.66. The maximum atomic E-state index is 6.10. The molecule has 0 bridgehead atoms. The van der Waals surface area contributed by atoms with Gasteiger partial charge in [0, 0.05) is 18.3 Å². The van der Waals surface area contributed by atoms with Crippen LogP contribution in [0.2, 0.25) is 0 Å². The standard InChI is InChI=1S/C15H21N3OS/c16-15(18-6-8-19-9-7-18)17-11-14-13-4-2-1-3-12(13)5-10-20-14/h1-4,14H,5-11H2,(H2,16,17). The molecule has 1 unspecified atom stereocenters. The van der Waals surface area contributed by atoms with E-state index in [2.05, 4.69) is 34.2 Å². The van der Waals surface area contributed by atoms with Crippen LogP contribution < -0.4 is 5.73 Å². The van der Waals surface area contributed by atoms with E-state index in [1.54, 1.807) is 0 Å². The van der Waals surface area contributed by atoms with Crippen molar-refractivity contribution in [3.8, 4) is 0 Å². The van der Waals surface area contributed by atoms with Gasteiger partial charge >= 0.3 is 0 Å². The van der Waals surface area contributed by atoms with Gasteiger partial charge in [0.15, 0.2) is 5.96 Å². The van der Waals surface area contributed by atoms with Gasteiger partial charge in [0.2, 0.25) is 0 Å². The van der Waals surface area contributed by atoms with Gasteiger partial charge in [-0.3, -0.25) is 4.99 Å². The fourth-order valence-electron chi connectivity index (χ4n) is 2.70. The van der Waals surface area contributed by atoms with E-state index in [0.29, 0.717) is 11.2 Å². The topological polar surface area (TPSA) is 50.8 Å². The summed E-state index contributed by atoms with van der Waals surface area (Å²) in [6.45, 7) is 3.97. The first-order valence-electron chi connectivity index (χ1n) is 7.16. The van der Waals surface area contributed by atoms with Gasteiger partial charge < -0.3 is 15.4 Å². The quantitative estimate of drug-likeness (QED) is 0.665. The largest absolute Gasteiger partial charge is 0.378 e. The van der Waals surface area contributed by atoms with E-state index in [-0.39, 0.29) is 0 Å². The van der Waals surface area contributed by atoms with Crippen molar-refractivity contribution in [3.63, 3.8) is 0 Å². The number of thioether (sulfide) groups is 1. The van der Waals surface area contributed by atoms with Crippen molar-refractivity contribution < 1.29 is 4.74 Å². The van der Waals surface area contributed by atoms with Crippen LogP contribution in [-0.4, -0.2) is 49.5 Å². The summed E-state index contributed by atoms with van der Waals surface area (Å²) in [7, 11) is 0. The summed E-state index contributed by atoms with van der Waals surface area (Å²) < 4.78 is 5.33. The number of fused-ring (bicyclic) bond motifs is 1. The molecule has 1 aromatic carbocycles. The Kier molecular flexibility index (Phi) is 4.47. The van der Waals surface area contributed by atoms with Gasteiger partial charge in [0.25, 0.3) is 0 Å². The Morgan fingerprint density at radius 1 is 1.35 bits per heavy atom. The lowest BCUT2D eigenvalue weighted by Crippen LogP contribution is -2.45. The van der Waals surface area contributed by atoms with Gasteiger partial charge in [-0.05, 0) is 23.3 Å². The third-order valence-corrected chi connectivity index (χ3v) is 5.09. The molecule has 0 aliphatic carbocycles. The summed E-state index contributed by atoms with van der Waals surface area (Å²) in [6.07, 6.45) is 1.17. The van der Waals surface area contributed by atoms with Crippen LogP contribution in [0.5, 0.6) is 0 Å². The molecule has 1 fully saturated rings. The summed E-state index contributed by atoms with van der Waals surface area (Å²) in [5.41, 5.74) is 9.00. The van der Waals surface area contributed by atoms with Crippen LogP contribution in [0.4, 0.5) is 0 Å². The molecule has 4 nitrogen and oxygen atoms in total. The SMILES string of the molecule is NC(=NCC1SCCc2ccccc21)N1CCOCC1. The highest BCUT2D eigenvalue weighted by Gasteiger charge is 2.20. The first-order valence-corrected chi connectivity index (χ1v) is 8.21. The first kappa shape index (κ1) is 13.8.